The number of hydrogen-bond donors (Lipinski definition) is 2. The molecule has 0 radical (unpaired) electrons. The van der Waals surface area contributed by atoms with Gasteiger partial charge in [0.15, 0.2) is 5.41 Å². The molecule has 0 aliphatic carbocycles. The van der Waals surface area contributed by atoms with Crippen LogP contribution in [0.25, 0.3) is 0 Å². The average molecular weight is 226 g/mol. The van der Waals surface area contributed by atoms with Crippen molar-refractivity contribution in [1.82, 2.24) is 0 Å². The summed E-state index contributed by atoms with van der Waals surface area (Å²) in [6.45, 7) is -3.43. The summed E-state index contributed by atoms with van der Waals surface area (Å²) in [4.78, 5) is 0. The minimum absolute atomic E-state index is 1.31. The van der Waals surface area contributed by atoms with Crippen molar-refractivity contribution < 1.29 is 36.6 Å². The molecule has 0 heterocycles. The first-order chi connectivity index (χ1) is 6.12. The Morgan fingerprint density at radius 1 is 0.786 bits per heavy atom. The lowest BCUT2D eigenvalue weighted by molar-refractivity contribution is -0.353. The van der Waals surface area contributed by atoms with Crippen LogP contribution < -0.4 is 0 Å². The molecular formula is C6H8F6O2. The number of hydrogen-bond acceptors (Lipinski definition) is 2. The van der Waals surface area contributed by atoms with E-state index in [1.165, 1.54) is 0 Å². The van der Waals surface area contributed by atoms with Crippen molar-refractivity contribution in [2.45, 2.75) is 18.8 Å². The maximum absolute atomic E-state index is 12.1. The third kappa shape index (κ3) is 2.11. The van der Waals surface area contributed by atoms with Crippen LogP contribution in [0.15, 0.2) is 0 Å². The van der Waals surface area contributed by atoms with E-state index in [4.69, 9.17) is 10.2 Å². The topological polar surface area (TPSA) is 40.5 Å². The average Bonchev–Trinajstić information content (AvgIpc) is 1.94. The van der Waals surface area contributed by atoms with Crippen LogP contribution in [0.1, 0.15) is 6.42 Å². The van der Waals surface area contributed by atoms with Crippen LogP contribution in [0.2, 0.25) is 0 Å². The molecule has 8 heteroatoms. The van der Waals surface area contributed by atoms with Crippen molar-refractivity contribution in [3.63, 3.8) is 0 Å². The molecule has 0 rings (SSSR count). The van der Waals surface area contributed by atoms with E-state index >= 15 is 0 Å². The summed E-state index contributed by atoms with van der Waals surface area (Å²) in [6, 6.07) is 0. The summed E-state index contributed by atoms with van der Waals surface area (Å²) < 4.78 is 72.4. The Bertz CT molecular complexity index is 170. The molecule has 0 unspecified atom stereocenters. The van der Waals surface area contributed by atoms with Crippen LogP contribution in [-0.2, 0) is 0 Å². The van der Waals surface area contributed by atoms with Gasteiger partial charge in [-0.15, -0.1) is 0 Å². The highest BCUT2D eigenvalue weighted by Gasteiger charge is 2.69. The van der Waals surface area contributed by atoms with Crippen molar-refractivity contribution in [3.05, 3.63) is 0 Å². The number of rotatable bonds is 3. The third-order valence-corrected chi connectivity index (χ3v) is 1.89. The Morgan fingerprint density at radius 3 is 1.21 bits per heavy atom. The first-order valence-corrected chi connectivity index (χ1v) is 3.47. The van der Waals surface area contributed by atoms with Gasteiger partial charge >= 0.3 is 12.4 Å². The number of aliphatic hydroxyl groups excluding tert-OH is 2. The Balaban J connectivity index is 5.21. The molecule has 14 heavy (non-hydrogen) atoms. The quantitative estimate of drug-likeness (QED) is 0.715. The first-order valence-electron chi connectivity index (χ1n) is 3.47. The molecule has 0 saturated heterocycles. The van der Waals surface area contributed by atoms with Crippen LogP contribution in [-0.4, -0.2) is 35.8 Å². The largest absolute Gasteiger partial charge is 0.405 e. The van der Waals surface area contributed by atoms with Crippen molar-refractivity contribution in [3.8, 4) is 0 Å². The molecule has 0 atom stereocenters. The SMILES string of the molecule is OCCC(CO)(C(F)(F)F)C(F)(F)F. The molecule has 0 aromatic heterocycles. The molecular weight excluding hydrogens is 218 g/mol. The van der Waals surface area contributed by atoms with Crippen molar-refractivity contribution in [2.24, 2.45) is 5.41 Å². The first kappa shape index (κ1) is 13.5. The van der Waals surface area contributed by atoms with Gasteiger partial charge in [0.1, 0.15) is 0 Å². The minimum Gasteiger partial charge on any atom is -0.396 e. The molecule has 86 valence electrons. The predicted octanol–water partition coefficient (Wildman–Crippen LogP) is 1.47. The molecule has 0 fully saturated rings. The molecule has 0 aromatic rings. The summed E-state index contributed by atoms with van der Waals surface area (Å²) in [5.74, 6) is 0. The standard InChI is InChI=1S/C6H8F6O2/c7-5(8,9)4(3-14,1-2-13)6(10,11)12/h13-14H,1-3H2. The Hall–Kier alpha value is -0.500. The van der Waals surface area contributed by atoms with Gasteiger partial charge in [-0.25, -0.2) is 0 Å². The van der Waals surface area contributed by atoms with Crippen molar-refractivity contribution in [1.29, 1.82) is 0 Å². The number of alkyl halides is 6. The van der Waals surface area contributed by atoms with Crippen molar-refractivity contribution in [2.75, 3.05) is 13.2 Å². The summed E-state index contributed by atoms with van der Waals surface area (Å²) in [5.41, 5.74) is -4.23. The zero-order valence-corrected chi connectivity index (χ0v) is 6.78. The minimum atomic E-state index is -5.64. The molecule has 0 amide bonds. The van der Waals surface area contributed by atoms with Gasteiger partial charge < -0.3 is 10.2 Å². The maximum Gasteiger partial charge on any atom is 0.405 e. The predicted molar refractivity (Wildman–Crippen MR) is 33.3 cm³/mol. The van der Waals surface area contributed by atoms with E-state index in [2.05, 4.69) is 0 Å². The fourth-order valence-electron chi connectivity index (χ4n) is 0.893. The molecule has 2 N–H and O–H groups in total. The van der Waals surface area contributed by atoms with Gasteiger partial charge in [-0.1, -0.05) is 0 Å². The lowest BCUT2D eigenvalue weighted by atomic mass is 9.84. The van der Waals surface area contributed by atoms with Crippen LogP contribution in [0.4, 0.5) is 26.3 Å². The number of halogens is 6. The van der Waals surface area contributed by atoms with Gasteiger partial charge in [0.05, 0.1) is 6.61 Å². The summed E-state index contributed by atoms with van der Waals surface area (Å²) in [7, 11) is 0. The van der Waals surface area contributed by atoms with E-state index in [0.717, 1.165) is 0 Å². The Morgan fingerprint density at radius 2 is 1.14 bits per heavy atom. The highest BCUT2D eigenvalue weighted by Crippen LogP contribution is 2.52. The lowest BCUT2D eigenvalue weighted by Gasteiger charge is -2.35. The van der Waals surface area contributed by atoms with Crippen LogP contribution in [0, 0.1) is 5.41 Å². The van der Waals surface area contributed by atoms with Crippen LogP contribution in [0.5, 0.6) is 0 Å². The molecule has 0 bridgehead atoms. The second-order valence-electron chi connectivity index (χ2n) is 2.71. The monoisotopic (exact) mass is 226 g/mol. The van der Waals surface area contributed by atoms with Crippen molar-refractivity contribution >= 4 is 0 Å². The van der Waals surface area contributed by atoms with E-state index in [0.29, 0.717) is 0 Å². The molecule has 0 aliphatic heterocycles. The van der Waals surface area contributed by atoms with E-state index in [9.17, 15) is 26.3 Å². The van der Waals surface area contributed by atoms with E-state index in [1.807, 2.05) is 0 Å². The smallest absolute Gasteiger partial charge is 0.396 e. The fraction of sp³-hybridized carbons (Fsp3) is 1.00. The van der Waals surface area contributed by atoms with Gasteiger partial charge in [-0.2, -0.15) is 26.3 Å². The van der Waals surface area contributed by atoms with Gasteiger partial charge in [-0.05, 0) is 6.42 Å². The zero-order valence-electron chi connectivity index (χ0n) is 6.78. The molecule has 0 saturated carbocycles. The fourth-order valence-corrected chi connectivity index (χ4v) is 0.893. The third-order valence-electron chi connectivity index (χ3n) is 1.89. The van der Waals surface area contributed by atoms with E-state index in [-0.39, 0.29) is 0 Å². The normalized spacial score (nSPS) is 14.6. The van der Waals surface area contributed by atoms with Gasteiger partial charge in [-0.3, -0.25) is 0 Å². The van der Waals surface area contributed by atoms with Gasteiger partial charge in [0, 0.05) is 6.61 Å². The maximum atomic E-state index is 12.1. The summed E-state index contributed by atoms with van der Waals surface area (Å²) >= 11 is 0. The molecule has 0 spiro atoms. The highest BCUT2D eigenvalue weighted by molar-refractivity contribution is 4.92. The zero-order chi connectivity index (χ0) is 11.6. The van der Waals surface area contributed by atoms with Crippen LogP contribution >= 0.6 is 0 Å². The second kappa shape index (κ2) is 3.93. The van der Waals surface area contributed by atoms with E-state index < -0.39 is 37.4 Å². The summed E-state index contributed by atoms with van der Waals surface area (Å²) in [6.07, 6.45) is -12.9. The summed E-state index contributed by atoms with van der Waals surface area (Å²) in [5, 5.41) is 16.4. The van der Waals surface area contributed by atoms with Crippen LogP contribution in [0.3, 0.4) is 0 Å². The molecule has 0 aliphatic rings. The highest BCUT2D eigenvalue weighted by atomic mass is 19.4. The second-order valence-corrected chi connectivity index (χ2v) is 2.71. The molecule has 2 nitrogen and oxygen atoms in total. The molecule has 0 aromatic carbocycles. The van der Waals surface area contributed by atoms with Gasteiger partial charge in [0.25, 0.3) is 0 Å². The lowest BCUT2D eigenvalue weighted by Crippen LogP contribution is -2.53. The number of aliphatic hydroxyl groups is 2. The Kier molecular flexibility index (Phi) is 3.79. The Labute approximate surface area is 75.1 Å². The van der Waals surface area contributed by atoms with E-state index in [1.54, 1.807) is 0 Å². The van der Waals surface area contributed by atoms with Gasteiger partial charge in [0.2, 0.25) is 0 Å².